The third kappa shape index (κ3) is 2.60. The number of hydrogen-bond donors (Lipinski definition) is 0. The molecule has 3 aromatic rings. The Balaban J connectivity index is 1.96. The number of aromatic nitrogens is 2. The SMILES string of the molecule is CCOC(=O)c1nn(-c2ccc(F)cc2F)c2c1Cc1cc(Br)sc1-2. The van der Waals surface area contributed by atoms with Crippen molar-refractivity contribution in [2.75, 3.05) is 6.61 Å². The van der Waals surface area contributed by atoms with E-state index in [0.717, 1.165) is 26.4 Å². The molecular formula is C17H11BrF2N2O2S. The Kier molecular flexibility index (Phi) is 3.96. The van der Waals surface area contributed by atoms with E-state index in [-0.39, 0.29) is 18.0 Å². The molecule has 1 aliphatic rings. The van der Waals surface area contributed by atoms with Crippen LogP contribution in [0.5, 0.6) is 0 Å². The van der Waals surface area contributed by atoms with Crippen molar-refractivity contribution in [2.45, 2.75) is 13.3 Å². The molecule has 1 aromatic carbocycles. The molecule has 25 heavy (non-hydrogen) atoms. The molecular weight excluding hydrogens is 414 g/mol. The summed E-state index contributed by atoms with van der Waals surface area (Å²) in [4.78, 5) is 13.2. The van der Waals surface area contributed by atoms with E-state index in [1.165, 1.54) is 22.1 Å². The van der Waals surface area contributed by atoms with Crippen molar-refractivity contribution in [3.63, 3.8) is 0 Å². The van der Waals surface area contributed by atoms with E-state index in [0.29, 0.717) is 17.7 Å². The van der Waals surface area contributed by atoms with Gasteiger partial charge in [-0.1, -0.05) is 0 Å². The largest absolute Gasteiger partial charge is 0.461 e. The zero-order valence-corrected chi connectivity index (χ0v) is 15.4. The van der Waals surface area contributed by atoms with Gasteiger partial charge in [-0.15, -0.1) is 11.3 Å². The Labute approximate surface area is 154 Å². The summed E-state index contributed by atoms with van der Waals surface area (Å²) in [5.74, 6) is -1.96. The van der Waals surface area contributed by atoms with Crippen LogP contribution < -0.4 is 0 Å². The number of rotatable bonds is 3. The van der Waals surface area contributed by atoms with Crippen LogP contribution in [0.2, 0.25) is 0 Å². The Morgan fingerprint density at radius 3 is 2.92 bits per heavy atom. The molecule has 2 heterocycles. The quantitative estimate of drug-likeness (QED) is 0.446. The van der Waals surface area contributed by atoms with Crippen LogP contribution in [0.1, 0.15) is 28.5 Å². The van der Waals surface area contributed by atoms with Gasteiger partial charge in [0.05, 0.1) is 21.0 Å². The van der Waals surface area contributed by atoms with Gasteiger partial charge in [-0.3, -0.25) is 0 Å². The highest BCUT2D eigenvalue weighted by Crippen LogP contribution is 2.46. The van der Waals surface area contributed by atoms with Gasteiger partial charge in [0.15, 0.2) is 11.5 Å². The van der Waals surface area contributed by atoms with Gasteiger partial charge in [-0.25, -0.2) is 18.3 Å². The molecule has 0 unspecified atom stereocenters. The first-order valence-corrected chi connectivity index (χ1v) is 9.13. The molecule has 1 aliphatic carbocycles. The van der Waals surface area contributed by atoms with Crippen LogP contribution in [-0.2, 0) is 11.2 Å². The van der Waals surface area contributed by atoms with Crippen molar-refractivity contribution >= 4 is 33.2 Å². The Bertz CT molecular complexity index is 1010. The van der Waals surface area contributed by atoms with Crippen molar-refractivity contribution in [1.29, 1.82) is 0 Å². The van der Waals surface area contributed by atoms with Crippen molar-refractivity contribution in [1.82, 2.24) is 9.78 Å². The third-order valence-electron chi connectivity index (χ3n) is 3.95. The summed E-state index contributed by atoms with van der Waals surface area (Å²) in [7, 11) is 0. The number of nitrogens with zero attached hydrogens (tertiary/aromatic N) is 2. The highest BCUT2D eigenvalue weighted by Gasteiger charge is 2.33. The van der Waals surface area contributed by atoms with E-state index in [1.54, 1.807) is 6.92 Å². The van der Waals surface area contributed by atoms with Gasteiger partial charge in [0.2, 0.25) is 0 Å². The molecule has 0 fully saturated rings. The number of esters is 1. The summed E-state index contributed by atoms with van der Waals surface area (Å²) >= 11 is 4.93. The average molecular weight is 425 g/mol. The maximum Gasteiger partial charge on any atom is 0.359 e. The summed E-state index contributed by atoms with van der Waals surface area (Å²) in [5.41, 5.74) is 2.65. The smallest absolute Gasteiger partial charge is 0.359 e. The number of benzene rings is 1. The van der Waals surface area contributed by atoms with Gasteiger partial charge >= 0.3 is 5.97 Å². The summed E-state index contributed by atoms with van der Waals surface area (Å²) in [6, 6.07) is 5.25. The first-order chi connectivity index (χ1) is 12.0. The van der Waals surface area contributed by atoms with E-state index in [2.05, 4.69) is 21.0 Å². The van der Waals surface area contributed by atoms with Crippen LogP contribution in [0, 0.1) is 11.6 Å². The summed E-state index contributed by atoms with van der Waals surface area (Å²) < 4.78 is 35.0. The molecule has 0 bridgehead atoms. The molecule has 0 aliphatic heterocycles. The highest BCUT2D eigenvalue weighted by molar-refractivity contribution is 9.11. The van der Waals surface area contributed by atoms with Gasteiger partial charge in [-0.05, 0) is 46.6 Å². The van der Waals surface area contributed by atoms with Gasteiger partial charge < -0.3 is 4.74 Å². The molecule has 2 aromatic heterocycles. The molecule has 0 N–H and O–H groups in total. The molecule has 0 saturated heterocycles. The predicted octanol–water partition coefficient (Wildman–Crippen LogP) is 4.72. The second-order valence-electron chi connectivity index (χ2n) is 5.49. The van der Waals surface area contributed by atoms with E-state index >= 15 is 0 Å². The minimum Gasteiger partial charge on any atom is -0.461 e. The fourth-order valence-corrected chi connectivity index (χ4v) is 4.69. The molecule has 0 radical (unpaired) electrons. The Hall–Kier alpha value is -2.06. The second kappa shape index (κ2) is 6.03. The number of thiophene rings is 1. The van der Waals surface area contributed by atoms with Crippen molar-refractivity contribution < 1.29 is 18.3 Å². The number of carbonyl (C=O) groups excluding carboxylic acids is 1. The molecule has 0 spiro atoms. The second-order valence-corrected chi connectivity index (χ2v) is 7.92. The molecule has 4 rings (SSSR count). The lowest BCUT2D eigenvalue weighted by Gasteiger charge is -2.07. The molecule has 128 valence electrons. The molecule has 0 saturated carbocycles. The zero-order chi connectivity index (χ0) is 17.7. The van der Waals surface area contributed by atoms with Gasteiger partial charge in [0.1, 0.15) is 11.5 Å². The molecule has 8 heteroatoms. The number of fused-ring (bicyclic) bond motifs is 3. The number of carbonyl (C=O) groups is 1. The first-order valence-electron chi connectivity index (χ1n) is 7.52. The minimum atomic E-state index is -0.746. The Morgan fingerprint density at radius 1 is 1.40 bits per heavy atom. The van der Waals surface area contributed by atoms with E-state index in [1.807, 2.05) is 6.07 Å². The fourth-order valence-electron chi connectivity index (χ4n) is 2.96. The average Bonchev–Trinajstić information content (AvgIpc) is 3.17. The Morgan fingerprint density at radius 2 is 2.20 bits per heavy atom. The predicted molar refractivity (Wildman–Crippen MR) is 93.3 cm³/mol. The van der Waals surface area contributed by atoms with E-state index in [9.17, 15) is 13.6 Å². The highest BCUT2D eigenvalue weighted by atomic mass is 79.9. The zero-order valence-electron chi connectivity index (χ0n) is 13.0. The maximum atomic E-state index is 14.3. The minimum absolute atomic E-state index is 0.0885. The third-order valence-corrected chi connectivity index (χ3v) is 5.64. The maximum absolute atomic E-state index is 14.3. The summed E-state index contributed by atoms with van der Waals surface area (Å²) in [6.07, 6.45) is 0.518. The molecule has 0 amide bonds. The van der Waals surface area contributed by atoms with Crippen molar-refractivity contribution in [3.05, 3.63) is 56.5 Å². The van der Waals surface area contributed by atoms with Crippen LogP contribution in [-0.4, -0.2) is 22.4 Å². The number of ether oxygens (including phenoxy) is 1. The van der Waals surface area contributed by atoms with E-state index < -0.39 is 17.6 Å². The normalized spacial score (nSPS) is 12.2. The lowest BCUT2D eigenvalue weighted by Crippen LogP contribution is -2.09. The summed E-state index contributed by atoms with van der Waals surface area (Å²) in [6.45, 7) is 1.93. The van der Waals surface area contributed by atoms with Gasteiger partial charge in [0.25, 0.3) is 0 Å². The first kappa shape index (κ1) is 16.4. The van der Waals surface area contributed by atoms with Crippen molar-refractivity contribution in [3.8, 4) is 16.3 Å². The van der Waals surface area contributed by atoms with Gasteiger partial charge in [0, 0.05) is 18.1 Å². The number of hydrogen-bond acceptors (Lipinski definition) is 4. The topological polar surface area (TPSA) is 44.1 Å². The monoisotopic (exact) mass is 424 g/mol. The lowest BCUT2D eigenvalue weighted by atomic mass is 10.1. The van der Waals surface area contributed by atoms with E-state index in [4.69, 9.17) is 4.74 Å². The van der Waals surface area contributed by atoms with Gasteiger partial charge in [-0.2, -0.15) is 5.10 Å². The lowest BCUT2D eigenvalue weighted by molar-refractivity contribution is 0.0518. The van der Waals surface area contributed by atoms with Crippen LogP contribution in [0.4, 0.5) is 8.78 Å². The van der Waals surface area contributed by atoms with Crippen LogP contribution in [0.3, 0.4) is 0 Å². The fraction of sp³-hybridized carbons (Fsp3) is 0.176. The van der Waals surface area contributed by atoms with Crippen LogP contribution in [0.25, 0.3) is 16.3 Å². The van der Waals surface area contributed by atoms with Crippen LogP contribution in [0.15, 0.2) is 28.1 Å². The van der Waals surface area contributed by atoms with Crippen LogP contribution >= 0.6 is 27.3 Å². The standard InChI is InChI=1S/C17H11BrF2N2O2S/c1-2-24-17(23)14-10-5-8-6-13(18)25-16(8)15(10)22(21-14)12-4-3-9(19)7-11(12)20/h3-4,6-7H,2,5H2,1H3. The number of halogens is 3. The van der Waals surface area contributed by atoms with Crippen molar-refractivity contribution in [2.24, 2.45) is 0 Å². The molecule has 4 nitrogen and oxygen atoms in total. The summed E-state index contributed by atoms with van der Waals surface area (Å²) in [5, 5.41) is 4.29. The molecule has 0 atom stereocenters.